The van der Waals surface area contributed by atoms with Gasteiger partial charge in [0.2, 0.25) is 0 Å². The lowest BCUT2D eigenvalue weighted by atomic mass is 9.95. The van der Waals surface area contributed by atoms with Crippen molar-refractivity contribution in [3.8, 4) is 0 Å². The zero-order valence-electron chi connectivity index (χ0n) is 27.2. The van der Waals surface area contributed by atoms with Gasteiger partial charge in [-0.05, 0) is 74.9 Å². The lowest BCUT2D eigenvalue weighted by Crippen LogP contribution is -2.45. The second-order valence-corrected chi connectivity index (χ2v) is 15.6. The van der Waals surface area contributed by atoms with E-state index in [9.17, 15) is 22.4 Å². The predicted molar refractivity (Wildman–Crippen MR) is 178 cm³/mol. The maximum Gasteiger partial charge on any atom is 0.329 e. The van der Waals surface area contributed by atoms with Gasteiger partial charge in [0, 0.05) is 48.8 Å². The number of aromatic nitrogens is 3. The van der Waals surface area contributed by atoms with Crippen LogP contribution in [-0.4, -0.2) is 65.1 Å². The molecule has 252 valence electrons. The van der Waals surface area contributed by atoms with Crippen LogP contribution in [0.15, 0.2) is 66.6 Å². The standard InChI is InChI=1S/C34H41FN4O6S2/c1-34(2,3)45-33(41)29(15-19-47(5,42)43)38-31(40)28-20-25(11-10-24(28)9-6-23-7-12-26(35)13-8-23)30(32-37-16-18-46-32)44-17-14-27-21-36-22-39(27)4/h7-8,10-13,16,18,20-22,29-30H,6,9,14-15,17,19H2,1-5H3,(H,38,40)/t29-,30?/m0/s1. The molecule has 0 spiro atoms. The van der Waals surface area contributed by atoms with Gasteiger partial charge in [-0.25, -0.2) is 27.6 Å². The molecule has 2 aromatic carbocycles. The van der Waals surface area contributed by atoms with Crippen LogP contribution in [0.25, 0.3) is 0 Å². The predicted octanol–water partition coefficient (Wildman–Crippen LogP) is 5.02. The molecule has 2 aromatic heterocycles. The largest absolute Gasteiger partial charge is 0.458 e. The van der Waals surface area contributed by atoms with E-state index in [1.54, 1.807) is 57.7 Å². The van der Waals surface area contributed by atoms with Gasteiger partial charge in [-0.3, -0.25) is 4.79 Å². The van der Waals surface area contributed by atoms with Crippen LogP contribution in [0.5, 0.6) is 0 Å². The van der Waals surface area contributed by atoms with E-state index < -0.39 is 39.5 Å². The average Bonchev–Trinajstić information content (AvgIpc) is 3.68. The normalized spacial score (nSPS) is 13.2. The number of sulfone groups is 1. The molecule has 1 amide bonds. The Kier molecular flexibility index (Phi) is 12.0. The van der Waals surface area contributed by atoms with Gasteiger partial charge >= 0.3 is 5.97 Å². The number of nitrogens with one attached hydrogen (secondary N) is 1. The van der Waals surface area contributed by atoms with Crippen molar-refractivity contribution in [2.45, 2.75) is 64.2 Å². The van der Waals surface area contributed by atoms with Crippen molar-refractivity contribution >= 4 is 33.1 Å². The smallest absolute Gasteiger partial charge is 0.329 e. The highest BCUT2D eigenvalue weighted by Gasteiger charge is 2.29. The number of nitrogens with zero attached hydrogens (tertiary/aromatic N) is 3. The Morgan fingerprint density at radius 2 is 1.83 bits per heavy atom. The van der Waals surface area contributed by atoms with Crippen molar-refractivity contribution in [1.29, 1.82) is 0 Å². The molecule has 0 aliphatic carbocycles. The fourth-order valence-corrected chi connectivity index (χ4v) is 6.26. The molecule has 0 fully saturated rings. The number of carbonyl (C=O) groups is 2. The molecule has 0 saturated carbocycles. The maximum absolute atomic E-state index is 14.0. The number of halogens is 1. The number of hydrogen-bond donors (Lipinski definition) is 1. The number of thiazole rings is 1. The summed E-state index contributed by atoms with van der Waals surface area (Å²) in [5, 5.41) is 5.31. The molecule has 4 aromatic rings. The highest BCUT2D eigenvalue weighted by molar-refractivity contribution is 7.90. The topological polar surface area (TPSA) is 129 Å². The first-order chi connectivity index (χ1) is 22.2. The van der Waals surface area contributed by atoms with Gasteiger partial charge in [0.25, 0.3) is 5.91 Å². The van der Waals surface area contributed by atoms with Gasteiger partial charge in [-0.1, -0.05) is 24.3 Å². The van der Waals surface area contributed by atoms with Crippen LogP contribution in [0, 0.1) is 5.82 Å². The highest BCUT2D eigenvalue weighted by atomic mass is 32.2. The van der Waals surface area contributed by atoms with Gasteiger partial charge in [0.1, 0.15) is 38.4 Å². The van der Waals surface area contributed by atoms with E-state index in [2.05, 4.69) is 15.3 Å². The summed E-state index contributed by atoms with van der Waals surface area (Å²) in [6.07, 6.45) is 7.13. The van der Waals surface area contributed by atoms with Gasteiger partial charge in [-0.2, -0.15) is 0 Å². The number of esters is 1. The van der Waals surface area contributed by atoms with E-state index in [-0.39, 0.29) is 18.0 Å². The lowest BCUT2D eigenvalue weighted by molar-refractivity contribution is -0.157. The number of carbonyl (C=O) groups excluding carboxylic acids is 2. The van der Waals surface area contributed by atoms with Gasteiger partial charge in [-0.15, -0.1) is 11.3 Å². The quantitative estimate of drug-likeness (QED) is 0.173. The van der Waals surface area contributed by atoms with Crippen molar-refractivity contribution < 1.29 is 31.9 Å². The minimum atomic E-state index is -3.43. The van der Waals surface area contributed by atoms with Crippen molar-refractivity contribution in [2.24, 2.45) is 7.05 Å². The van der Waals surface area contributed by atoms with Crippen molar-refractivity contribution in [3.63, 3.8) is 0 Å². The van der Waals surface area contributed by atoms with E-state index in [0.29, 0.717) is 47.6 Å². The van der Waals surface area contributed by atoms with Crippen molar-refractivity contribution in [2.75, 3.05) is 18.6 Å². The number of amides is 1. The van der Waals surface area contributed by atoms with E-state index in [4.69, 9.17) is 9.47 Å². The molecular formula is C34H41FN4O6S2. The lowest BCUT2D eigenvalue weighted by Gasteiger charge is -2.25. The van der Waals surface area contributed by atoms with Crippen LogP contribution in [0.3, 0.4) is 0 Å². The molecule has 47 heavy (non-hydrogen) atoms. The zero-order valence-corrected chi connectivity index (χ0v) is 28.9. The maximum atomic E-state index is 14.0. The van der Waals surface area contributed by atoms with E-state index in [1.165, 1.54) is 23.5 Å². The summed E-state index contributed by atoms with van der Waals surface area (Å²) in [7, 11) is -1.52. The summed E-state index contributed by atoms with van der Waals surface area (Å²) in [4.78, 5) is 35.8. The summed E-state index contributed by atoms with van der Waals surface area (Å²) >= 11 is 1.43. The van der Waals surface area contributed by atoms with E-state index in [1.807, 2.05) is 29.1 Å². The number of benzene rings is 2. The molecule has 1 unspecified atom stereocenters. The molecule has 10 nitrogen and oxygen atoms in total. The monoisotopic (exact) mass is 684 g/mol. The first-order valence-electron chi connectivity index (χ1n) is 15.2. The molecule has 2 heterocycles. The number of rotatable bonds is 15. The first-order valence-corrected chi connectivity index (χ1v) is 18.2. The second-order valence-electron chi connectivity index (χ2n) is 12.4. The molecule has 0 saturated heterocycles. The van der Waals surface area contributed by atoms with Crippen LogP contribution in [0.4, 0.5) is 4.39 Å². The third-order valence-corrected chi connectivity index (χ3v) is 9.08. The van der Waals surface area contributed by atoms with E-state index in [0.717, 1.165) is 17.5 Å². The molecule has 2 atom stereocenters. The fraction of sp³-hybridized carbons (Fsp3) is 0.412. The third kappa shape index (κ3) is 11.1. The molecule has 0 bridgehead atoms. The van der Waals surface area contributed by atoms with E-state index >= 15 is 0 Å². The number of imidazole rings is 1. The van der Waals surface area contributed by atoms with Crippen molar-refractivity contribution in [1.82, 2.24) is 19.9 Å². The Labute approximate surface area is 279 Å². The number of hydrogen-bond acceptors (Lipinski definition) is 9. The van der Waals surface area contributed by atoms with Crippen molar-refractivity contribution in [3.05, 3.63) is 105 Å². The Morgan fingerprint density at radius 3 is 2.45 bits per heavy atom. The Morgan fingerprint density at radius 1 is 1.09 bits per heavy atom. The van der Waals surface area contributed by atoms with Crippen LogP contribution < -0.4 is 5.32 Å². The SMILES string of the molecule is Cn1cncc1CCOC(c1ccc(CCc2ccc(F)cc2)c(C(=O)N[C@@H](CCS(C)(=O)=O)C(=O)OC(C)(C)C)c1)c1nccs1. The molecule has 4 rings (SSSR count). The molecule has 0 radical (unpaired) electrons. The minimum Gasteiger partial charge on any atom is -0.458 e. The second kappa shape index (κ2) is 15.8. The fourth-order valence-electron chi connectivity index (χ4n) is 4.89. The molecule has 1 N–H and O–H groups in total. The van der Waals surface area contributed by atoms with Gasteiger partial charge in [0.15, 0.2) is 0 Å². The summed E-state index contributed by atoms with van der Waals surface area (Å²) < 4.78 is 51.3. The molecule has 0 aliphatic rings. The Bertz CT molecular complexity index is 1750. The summed E-state index contributed by atoms with van der Waals surface area (Å²) in [6.45, 7) is 5.46. The average molecular weight is 685 g/mol. The molecular weight excluding hydrogens is 644 g/mol. The molecule has 0 aliphatic heterocycles. The van der Waals surface area contributed by atoms with Crippen LogP contribution in [-0.2, 0) is 50.4 Å². The van der Waals surface area contributed by atoms with Gasteiger partial charge in [0.05, 0.1) is 18.7 Å². The van der Waals surface area contributed by atoms with Crippen LogP contribution in [0.1, 0.15) is 71.0 Å². The number of aryl methyl sites for hydroxylation is 3. The van der Waals surface area contributed by atoms with Crippen LogP contribution in [0.2, 0.25) is 0 Å². The summed E-state index contributed by atoms with van der Waals surface area (Å²) in [5.41, 5.74) is 2.72. The zero-order chi connectivity index (χ0) is 34.2. The first kappa shape index (κ1) is 35.9. The third-order valence-electron chi connectivity index (χ3n) is 7.29. The van der Waals surface area contributed by atoms with Crippen LogP contribution >= 0.6 is 11.3 Å². The Hall–Kier alpha value is -3.94. The Balaban J connectivity index is 1.66. The highest BCUT2D eigenvalue weighted by Crippen LogP contribution is 2.30. The minimum absolute atomic E-state index is 0.150. The van der Waals surface area contributed by atoms with Gasteiger partial charge < -0.3 is 19.4 Å². The molecule has 13 heteroatoms. The summed E-state index contributed by atoms with van der Waals surface area (Å²) in [6, 6.07) is 10.4. The number of ether oxygens (including phenoxy) is 2. The summed E-state index contributed by atoms with van der Waals surface area (Å²) in [5.74, 6) is -1.93.